The van der Waals surface area contributed by atoms with Crippen molar-refractivity contribution in [3.05, 3.63) is 17.7 Å². The van der Waals surface area contributed by atoms with Gasteiger partial charge >= 0.3 is 0 Å². The van der Waals surface area contributed by atoms with Gasteiger partial charge < -0.3 is 14.2 Å². The minimum Gasteiger partial charge on any atom is -0.493 e. The van der Waals surface area contributed by atoms with Crippen LogP contribution in [0.4, 0.5) is 0 Å². The Morgan fingerprint density at radius 2 is 1.55 bits per heavy atom. The van der Waals surface area contributed by atoms with Crippen LogP contribution < -0.4 is 14.2 Å². The van der Waals surface area contributed by atoms with Crippen LogP contribution in [-0.2, 0) is 0 Å². The molecular formula is C17H26N2O3. The molecule has 0 bridgehead atoms. The summed E-state index contributed by atoms with van der Waals surface area (Å²) in [7, 11) is 4.84. The first-order chi connectivity index (χ1) is 10.6. The molecule has 1 aliphatic rings. The number of rotatable bonds is 5. The van der Waals surface area contributed by atoms with Crippen LogP contribution in [0, 0.1) is 0 Å². The number of hydrogen-bond acceptors (Lipinski definition) is 5. The lowest BCUT2D eigenvalue weighted by Crippen LogP contribution is -2.39. The minimum atomic E-state index is 0.474. The van der Waals surface area contributed by atoms with E-state index in [1.807, 2.05) is 18.3 Å². The zero-order chi connectivity index (χ0) is 16.1. The smallest absolute Gasteiger partial charge is 0.203 e. The zero-order valence-electron chi connectivity index (χ0n) is 14.1. The highest BCUT2D eigenvalue weighted by Crippen LogP contribution is 2.37. The third kappa shape index (κ3) is 3.46. The van der Waals surface area contributed by atoms with Gasteiger partial charge in [-0.1, -0.05) is 0 Å². The lowest BCUT2D eigenvalue weighted by atomic mass is 10.00. The summed E-state index contributed by atoms with van der Waals surface area (Å²) in [5, 5.41) is 6.87. The average Bonchev–Trinajstić information content (AvgIpc) is 2.53. The van der Waals surface area contributed by atoms with E-state index in [1.54, 1.807) is 21.3 Å². The third-order valence-electron chi connectivity index (χ3n) is 4.17. The molecule has 22 heavy (non-hydrogen) atoms. The van der Waals surface area contributed by atoms with Crippen LogP contribution in [0.1, 0.15) is 38.7 Å². The molecule has 0 N–H and O–H groups in total. The molecule has 2 rings (SSSR count). The molecule has 0 aromatic heterocycles. The fraction of sp³-hybridized carbons (Fsp3) is 0.588. The molecule has 5 heteroatoms. The topological polar surface area (TPSA) is 43.3 Å². The first kappa shape index (κ1) is 16.5. The second-order valence-corrected chi connectivity index (χ2v) is 5.71. The predicted octanol–water partition coefficient (Wildman–Crippen LogP) is 3.31. The molecule has 1 fully saturated rings. The second kappa shape index (κ2) is 7.38. The van der Waals surface area contributed by atoms with Gasteiger partial charge in [-0.15, -0.1) is 0 Å². The van der Waals surface area contributed by atoms with Gasteiger partial charge in [0.15, 0.2) is 11.5 Å². The molecule has 0 spiro atoms. The maximum atomic E-state index is 5.37. The summed E-state index contributed by atoms with van der Waals surface area (Å²) < 4.78 is 16.1. The van der Waals surface area contributed by atoms with Crippen LogP contribution in [0.15, 0.2) is 17.2 Å². The number of hydrazone groups is 1. The maximum absolute atomic E-state index is 5.37. The van der Waals surface area contributed by atoms with E-state index in [4.69, 9.17) is 14.2 Å². The lowest BCUT2D eigenvalue weighted by Gasteiger charge is -2.36. The molecule has 5 nitrogen and oxygen atoms in total. The van der Waals surface area contributed by atoms with Crippen LogP contribution in [0.5, 0.6) is 17.2 Å². The molecule has 1 heterocycles. The van der Waals surface area contributed by atoms with E-state index in [0.717, 1.165) is 5.56 Å². The summed E-state index contributed by atoms with van der Waals surface area (Å²) in [5.41, 5.74) is 0.930. The quantitative estimate of drug-likeness (QED) is 0.783. The van der Waals surface area contributed by atoms with Crippen LogP contribution in [-0.4, -0.2) is 44.6 Å². The molecule has 1 saturated heterocycles. The maximum Gasteiger partial charge on any atom is 0.203 e. The largest absolute Gasteiger partial charge is 0.493 e. The van der Waals surface area contributed by atoms with Gasteiger partial charge in [-0.3, -0.25) is 5.01 Å². The van der Waals surface area contributed by atoms with E-state index in [0.29, 0.717) is 29.3 Å². The van der Waals surface area contributed by atoms with Crippen molar-refractivity contribution in [2.75, 3.05) is 21.3 Å². The molecule has 0 radical (unpaired) electrons. The number of hydrogen-bond donors (Lipinski definition) is 0. The molecule has 122 valence electrons. The molecule has 0 saturated carbocycles. The number of nitrogens with zero attached hydrogens (tertiary/aromatic N) is 2. The van der Waals surface area contributed by atoms with E-state index in [1.165, 1.54) is 19.3 Å². The van der Waals surface area contributed by atoms with Gasteiger partial charge in [0, 0.05) is 17.6 Å². The highest BCUT2D eigenvalue weighted by molar-refractivity contribution is 5.82. The molecule has 1 aliphatic heterocycles. The van der Waals surface area contributed by atoms with Gasteiger partial charge in [-0.25, -0.2) is 0 Å². The summed E-state index contributed by atoms with van der Waals surface area (Å²) >= 11 is 0. The highest BCUT2D eigenvalue weighted by atomic mass is 16.5. The first-order valence-corrected chi connectivity index (χ1v) is 7.73. The van der Waals surface area contributed by atoms with Crippen molar-refractivity contribution >= 4 is 6.21 Å². The van der Waals surface area contributed by atoms with E-state index >= 15 is 0 Å². The van der Waals surface area contributed by atoms with Gasteiger partial charge in [0.1, 0.15) is 0 Å². The molecule has 0 aliphatic carbocycles. The van der Waals surface area contributed by atoms with Gasteiger partial charge in [0.2, 0.25) is 5.75 Å². The Hall–Kier alpha value is -1.91. The van der Waals surface area contributed by atoms with E-state index < -0.39 is 0 Å². The van der Waals surface area contributed by atoms with Crippen LogP contribution >= 0.6 is 0 Å². The minimum absolute atomic E-state index is 0.474. The van der Waals surface area contributed by atoms with Crippen LogP contribution in [0.3, 0.4) is 0 Å². The number of methoxy groups -OCH3 is 3. The van der Waals surface area contributed by atoms with Crippen molar-refractivity contribution in [1.29, 1.82) is 0 Å². The zero-order valence-corrected chi connectivity index (χ0v) is 14.1. The highest BCUT2D eigenvalue weighted by Gasteiger charge is 2.22. The number of benzene rings is 1. The van der Waals surface area contributed by atoms with E-state index in [9.17, 15) is 0 Å². The lowest BCUT2D eigenvalue weighted by molar-refractivity contribution is 0.109. The van der Waals surface area contributed by atoms with Crippen molar-refractivity contribution < 1.29 is 14.2 Å². The molecule has 2 atom stereocenters. The van der Waals surface area contributed by atoms with Crippen LogP contribution in [0.2, 0.25) is 0 Å². The van der Waals surface area contributed by atoms with Crippen molar-refractivity contribution in [2.24, 2.45) is 5.10 Å². The number of ether oxygens (including phenoxy) is 3. The van der Waals surface area contributed by atoms with Crippen LogP contribution in [0.25, 0.3) is 0 Å². The average molecular weight is 306 g/mol. The molecule has 1 aromatic carbocycles. The Morgan fingerprint density at radius 3 is 2.00 bits per heavy atom. The summed E-state index contributed by atoms with van der Waals surface area (Å²) in [6.45, 7) is 4.45. The predicted molar refractivity (Wildman–Crippen MR) is 88.3 cm³/mol. The van der Waals surface area contributed by atoms with Crippen molar-refractivity contribution in [3.63, 3.8) is 0 Å². The molecule has 1 aromatic rings. The summed E-state index contributed by atoms with van der Waals surface area (Å²) in [4.78, 5) is 0. The molecule has 0 unspecified atom stereocenters. The van der Waals surface area contributed by atoms with Gasteiger partial charge in [0.05, 0.1) is 27.5 Å². The third-order valence-corrected chi connectivity index (χ3v) is 4.17. The Labute approximate surface area is 132 Å². The van der Waals surface area contributed by atoms with E-state index in [2.05, 4.69) is 24.0 Å². The SMILES string of the molecule is COc1cc(/C=N\N2[C@@H](C)CCC[C@@H]2C)cc(OC)c1OC. The number of piperidine rings is 1. The van der Waals surface area contributed by atoms with Gasteiger partial charge in [-0.05, 0) is 45.2 Å². The van der Waals surface area contributed by atoms with Gasteiger partial charge in [-0.2, -0.15) is 5.10 Å². The fourth-order valence-corrected chi connectivity index (χ4v) is 2.94. The Bertz CT molecular complexity index is 496. The van der Waals surface area contributed by atoms with Crippen molar-refractivity contribution in [3.8, 4) is 17.2 Å². The normalized spacial score (nSPS) is 22.0. The Kier molecular flexibility index (Phi) is 5.52. The fourth-order valence-electron chi connectivity index (χ4n) is 2.94. The summed E-state index contributed by atoms with van der Waals surface area (Å²) in [6.07, 6.45) is 5.52. The Morgan fingerprint density at radius 1 is 1.00 bits per heavy atom. The standard InChI is InChI=1S/C17H26N2O3/c1-12-7-6-8-13(2)19(12)18-11-14-9-15(20-3)17(22-5)16(10-14)21-4/h9-13H,6-8H2,1-5H3/b18-11-/t12-,13-/m0/s1. The molecule has 0 amide bonds. The van der Waals surface area contributed by atoms with Crippen molar-refractivity contribution in [1.82, 2.24) is 5.01 Å². The first-order valence-electron chi connectivity index (χ1n) is 7.73. The summed E-state index contributed by atoms with van der Waals surface area (Å²) in [5.74, 6) is 1.88. The monoisotopic (exact) mass is 306 g/mol. The Balaban J connectivity index is 2.26. The van der Waals surface area contributed by atoms with Gasteiger partial charge in [0.25, 0.3) is 0 Å². The van der Waals surface area contributed by atoms with Crippen molar-refractivity contribution in [2.45, 2.75) is 45.2 Å². The van der Waals surface area contributed by atoms with E-state index in [-0.39, 0.29) is 0 Å². The molecular weight excluding hydrogens is 280 g/mol. The second-order valence-electron chi connectivity index (χ2n) is 5.71. The summed E-state index contributed by atoms with van der Waals surface area (Å²) in [6, 6.07) is 4.76.